The second-order valence-corrected chi connectivity index (χ2v) is 11.2. The molecule has 0 unspecified atom stereocenters. The number of anilines is 1. The van der Waals surface area contributed by atoms with Crippen LogP contribution in [0.3, 0.4) is 0 Å². The monoisotopic (exact) mass is 509 g/mol. The molecule has 1 aromatic rings. The smallest absolute Gasteiger partial charge is 0.379 e. The van der Waals surface area contributed by atoms with Crippen LogP contribution in [0.1, 0.15) is 44.2 Å². The van der Waals surface area contributed by atoms with Gasteiger partial charge < -0.3 is 24.0 Å². The van der Waals surface area contributed by atoms with Crippen molar-refractivity contribution in [2.45, 2.75) is 69.0 Å². The number of hydrogen-bond acceptors (Lipinski definition) is 6. The molecular weight excluding hydrogens is 475 g/mol. The van der Waals surface area contributed by atoms with E-state index >= 15 is 0 Å². The van der Waals surface area contributed by atoms with Crippen molar-refractivity contribution in [2.24, 2.45) is 17.3 Å². The Hall–Kier alpha value is -1.91. The third kappa shape index (κ3) is 4.09. The third-order valence-electron chi connectivity index (χ3n) is 9.31. The molecule has 1 aromatic heterocycles. The van der Waals surface area contributed by atoms with Crippen LogP contribution >= 0.6 is 0 Å². The summed E-state index contributed by atoms with van der Waals surface area (Å²) in [7, 11) is 1.74. The summed E-state index contributed by atoms with van der Waals surface area (Å²) in [4.78, 5) is 21.9. The predicted octanol–water partition coefficient (Wildman–Crippen LogP) is 3.52. The number of hydrogen-bond donors (Lipinski definition) is 0. The summed E-state index contributed by atoms with van der Waals surface area (Å²) in [6.07, 6.45) is 0.870. The van der Waals surface area contributed by atoms with E-state index in [1.54, 1.807) is 13.2 Å². The van der Waals surface area contributed by atoms with Crippen LogP contribution in [0.4, 0.5) is 19.0 Å². The number of likely N-dealkylation sites (tertiary alicyclic amines) is 1. The van der Waals surface area contributed by atoms with E-state index in [0.29, 0.717) is 44.0 Å². The molecule has 0 spiro atoms. The van der Waals surface area contributed by atoms with Gasteiger partial charge in [0.05, 0.1) is 36.3 Å². The first-order valence-electron chi connectivity index (χ1n) is 13.1. The second-order valence-electron chi connectivity index (χ2n) is 11.2. The standard InChI is InChI=1S/C26H34F3N3O4/c1-34-20-15-35-7-5-17(20)9-16-10-22-25(12-16,6-8-36-22)24(33)32-14-18-11-19(32)13-31(18)23-4-2-3-21(30-23)26(27,28)29/h2-4,16-20,22H,5-15H2,1H3/t16-,17-,18+,19+,20-,22-,25-/m1/s1. The Kier molecular flexibility index (Phi) is 6.20. The van der Waals surface area contributed by atoms with Crippen molar-refractivity contribution < 1.29 is 32.2 Å². The normalized spacial score (nSPS) is 38.1. The molecule has 198 valence electrons. The molecule has 2 bridgehead atoms. The van der Waals surface area contributed by atoms with Crippen molar-refractivity contribution in [1.29, 1.82) is 0 Å². The van der Waals surface area contributed by atoms with Crippen LogP contribution in [0.2, 0.25) is 0 Å². The van der Waals surface area contributed by atoms with Gasteiger partial charge in [0.2, 0.25) is 5.91 Å². The van der Waals surface area contributed by atoms with Gasteiger partial charge in [0.25, 0.3) is 0 Å². The van der Waals surface area contributed by atoms with E-state index in [2.05, 4.69) is 4.98 Å². The average molecular weight is 510 g/mol. The highest BCUT2D eigenvalue weighted by atomic mass is 19.4. The van der Waals surface area contributed by atoms with E-state index in [1.165, 1.54) is 6.07 Å². The molecule has 4 saturated heterocycles. The molecule has 0 aromatic carbocycles. The zero-order valence-electron chi connectivity index (χ0n) is 20.6. The molecule has 5 fully saturated rings. The zero-order valence-corrected chi connectivity index (χ0v) is 20.6. The summed E-state index contributed by atoms with van der Waals surface area (Å²) in [5.41, 5.74) is -1.35. The molecule has 36 heavy (non-hydrogen) atoms. The number of piperazine rings is 1. The second kappa shape index (κ2) is 9.13. The van der Waals surface area contributed by atoms with E-state index < -0.39 is 17.3 Å². The fourth-order valence-electron chi connectivity index (χ4n) is 7.58. The van der Waals surface area contributed by atoms with Gasteiger partial charge in [-0.1, -0.05) is 6.07 Å². The molecule has 7 atom stereocenters. The Morgan fingerprint density at radius 2 is 2.08 bits per heavy atom. The molecule has 7 nitrogen and oxygen atoms in total. The Balaban J connectivity index is 1.13. The van der Waals surface area contributed by atoms with Crippen molar-refractivity contribution in [3.05, 3.63) is 23.9 Å². The number of rotatable bonds is 5. The highest BCUT2D eigenvalue weighted by molar-refractivity contribution is 5.85. The van der Waals surface area contributed by atoms with Crippen molar-refractivity contribution in [3.63, 3.8) is 0 Å². The number of methoxy groups -OCH3 is 1. The predicted molar refractivity (Wildman–Crippen MR) is 124 cm³/mol. The summed E-state index contributed by atoms with van der Waals surface area (Å²) in [5.74, 6) is 1.39. The lowest BCUT2D eigenvalue weighted by Crippen LogP contribution is -2.54. The highest BCUT2D eigenvalue weighted by Crippen LogP contribution is 2.54. The summed E-state index contributed by atoms with van der Waals surface area (Å²) >= 11 is 0. The van der Waals surface area contributed by atoms with Gasteiger partial charge in [-0.3, -0.25) is 4.79 Å². The maximum Gasteiger partial charge on any atom is 0.433 e. The summed E-state index contributed by atoms with van der Waals surface area (Å²) in [6, 6.07) is 4.03. The van der Waals surface area contributed by atoms with Crippen LogP contribution in [0.25, 0.3) is 0 Å². The number of aromatic nitrogens is 1. The van der Waals surface area contributed by atoms with Gasteiger partial charge in [-0.05, 0) is 62.5 Å². The third-order valence-corrected chi connectivity index (χ3v) is 9.31. The number of pyridine rings is 1. The first-order valence-corrected chi connectivity index (χ1v) is 13.1. The molecule has 1 amide bonds. The zero-order chi connectivity index (χ0) is 25.1. The number of alkyl halides is 3. The largest absolute Gasteiger partial charge is 0.433 e. The first kappa shape index (κ1) is 24.4. The minimum absolute atomic E-state index is 0.00174. The molecular formula is C26H34F3N3O4. The molecule has 5 heterocycles. The van der Waals surface area contributed by atoms with Gasteiger partial charge in [0.15, 0.2) is 0 Å². The quantitative estimate of drug-likeness (QED) is 0.606. The Morgan fingerprint density at radius 1 is 1.22 bits per heavy atom. The number of ether oxygens (including phenoxy) is 3. The molecule has 10 heteroatoms. The van der Waals surface area contributed by atoms with E-state index in [1.807, 2.05) is 9.80 Å². The molecule has 5 aliphatic rings. The number of carbonyl (C=O) groups excluding carboxylic acids is 1. The number of nitrogens with zero attached hydrogens (tertiary/aromatic N) is 3. The fraction of sp³-hybridized carbons (Fsp3) is 0.769. The van der Waals surface area contributed by atoms with Crippen molar-refractivity contribution in [3.8, 4) is 0 Å². The average Bonchev–Trinajstić information content (AvgIpc) is 3.63. The van der Waals surface area contributed by atoms with Crippen LogP contribution in [0, 0.1) is 17.3 Å². The minimum atomic E-state index is -4.47. The van der Waals surface area contributed by atoms with Crippen molar-refractivity contribution >= 4 is 11.7 Å². The lowest BCUT2D eigenvalue weighted by Gasteiger charge is -2.40. The van der Waals surface area contributed by atoms with Crippen molar-refractivity contribution in [1.82, 2.24) is 9.88 Å². The fourth-order valence-corrected chi connectivity index (χ4v) is 7.58. The summed E-state index contributed by atoms with van der Waals surface area (Å²) in [5, 5.41) is 0. The van der Waals surface area contributed by atoms with Gasteiger partial charge in [0.1, 0.15) is 11.5 Å². The van der Waals surface area contributed by atoms with Crippen LogP contribution in [-0.2, 0) is 25.2 Å². The maximum atomic E-state index is 14.0. The highest BCUT2D eigenvalue weighted by Gasteiger charge is 2.60. The number of fused-ring (bicyclic) bond motifs is 3. The topological polar surface area (TPSA) is 64.1 Å². The van der Waals surface area contributed by atoms with Crippen LogP contribution in [0.5, 0.6) is 0 Å². The molecule has 0 N–H and O–H groups in total. The number of amides is 1. The SMILES string of the molecule is CO[C@@H]1COCC[C@@H]1C[C@@H]1C[C@H]2OCC[C@@]2(C(=O)N2C[C@@H]3C[C@H]2CN3c2cccc(C(F)(F)F)n2)C1. The van der Waals surface area contributed by atoms with Crippen molar-refractivity contribution in [2.75, 3.05) is 44.9 Å². The summed E-state index contributed by atoms with van der Waals surface area (Å²) in [6.45, 7) is 3.06. The van der Waals surface area contributed by atoms with Crippen LogP contribution in [-0.4, -0.2) is 80.1 Å². The lowest BCUT2D eigenvalue weighted by atomic mass is 9.78. The number of carbonyl (C=O) groups is 1. The van der Waals surface area contributed by atoms with Gasteiger partial charge in [-0.2, -0.15) is 13.2 Å². The van der Waals surface area contributed by atoms with Gasteiger partial charge in [-0.15, -0.1) is 0 Å². The van der Waals surface area contributed by atoms with Crippen LogP contribution in [0.15, 0.2) is 18.2 Å². The molecule has 0 radical (unpaired) electrons. The Bertz CT molecular complexity index is 993. The number of halogens is 3. The minimum Gasteiger partial charge on any atom is -0.379 e. The maximum absolute atomic E-state index is 14.0. The Morgan fingerprint density at radius 3 is 2.83 bits per heavy atom. The first-order chi connectivity index (χ1) is 17.3. The van der Waals surface area contributed by atoms with Gasteiger partial charge in [-0.25, -0.2) is 4.98 Å². The molecule has 1 aliphatic carbocycles. The van der Waals surface area contributed by atoms with E-state index in [-0.39, 0.29) is 30.2 Å². The summed E-state index contributed by atoms with van der Waals surface area (Å²) < 4.78 is 56.9. The molecule has 1 saturated carbocycles. The van der Waals surface area contributed by atoms with E-state index in [4.69, 9.17) is 14.2 Å². The van der Waals surface area contributed by atoms with E-state index in [0.717, 1.165) is 51.2 Å². The van der Waals surface area contributed by atoms with E-state index in [9.17, 15) is 18.0 Å². The molecule has 4 aliphatic heterocycles. The van der Waals surface area contributed by atoms with Gasteiger partial charge in [0, 0.05) is 33.4 Å². The van der Waals surface area contributed by atoms with Gasteiger partial charge >= 0.3 is 6.18 Å². The molecule has 6 rings (SSSR count). The van der Waals surface area contributed by atoms with Crippen LogP contribution < -0.4 is 4.90 Å². The lowest BCUT2D eigenvalue weighted by molar-refractivity contribution is -0.145. The Labute approximate surface area is 209 Å².